The number of sulfonamides is 1. The maximum atomic E-state index is 12.9. The molecule has 0 aliphatic carbocycles. The summed E-state index contributed by atoms with van der Waals surface area (Å²) in [4.78, 5) is 20.2. The van der Waals surface area contributed by atoms with Crippen LogP contribution in [0.1, 0.15) is 19.4 Å². The predicted molar refractivity (Wildman–Crippen MR) is 146 cm³/mol. The van der Waals surface area contributed by atoms with Crippen LogP contribution in [0.25, 0.3) is 22.1 Å². The number of aromatic amines is 1. The molecular formula is C25H30N6O5S2. The topological polar surface area (TPSA) is 139 Å². The van der Waals surface area contributed by atoms with Gasteiger partial charge in [0.15, 0.2) is 17.1 Å². The highest BCUT2D eigenvalue weighted by molar-refractivity contribution is 7.99. The number of nitrogens with zero attached hydrogens (tertiary/aromatic N) is 4. The lowest BCUT2D eigenvalue weighted by Gasteiger charge is -2.18. The first-order valence-electron chi connectivity index (χ1n) is 12.1. The molecule has 1 amide bonds. The van der Waals surface area contributed by atoms with Gasteiger partial charge in [0.2, 0.25) is 21.1 Å². The Balaban J connectivity index is 1.39. The zero-order chi connectivity index (χ0) is 27.3. The molecule has 38 heavy (non-hydrogen) atoms. The van der Waals surface area contributed by atoms with Gasteiger partial charge in [0, 0.05) is 30.5 Å². The molecule has 0 fully saturated rings. The van der Waals surface area contributed by atoms with Gasteiger partial charge in [-0.2, -0.15) is 4.31 Å². The Labute approximate surface area is 225 Å². The van der Waals surface area contributed by atoms with Gasteiger partial charge in [-0.3, -0.25) is 4.79 Å². The van der Waals surface area contributed by atoms with Gasteiger partial charge in [0.25, 0.3) is 0 Å². The minimum Gasteiger partial charge on any atom is -0.493 e. The Morgan fingerprint density at radius 1 is 1.05 bits per heavy atom. The van der Waals surface area contributed by atoms with Crippen LogP contribution in [-0.4, -0.2) is 78.4 Å². The van der Waals surface area contributed by atoms with Crippen LogP contribution < -0.4 is 14.8 Å². The average molecular weight is 559 g/mol. The lowest BCUT2D eigenvalue weighted by atomic mass is 10.1. The summed E-state index contributed by atoms with van der Waals surface area (Å²) in [6, 6.07) is 10.5. The van der Waals surface area contributed by atoms with Crippen molar-refractivity contribution in [1.29, 1.82) is 0 Å². The van der Waals surface area contributed by atoms with E-state index in [-0.39, 0.29) is 16.6 Å². The number of hydrogen-bond acceptors (Lipinski definition) is 9. The summed E-state index contributed by atoms with van der Waals surface area (Å²) in [6.45, 7) is 4.84. The molecule has 4 aromatic rings. The second-order valence-electron chi connectivity index (χ2n) is 8.29. The minimum absolute atomic E-state index is 0.131. The van der Waals surface area contributed by atoms with E-state index in [1.165, 1.54) is 16.1 Å². The lowest BCUT2D eigenvalue weighted by molar-refractivity contribution is -0.118. The van der Waals surface area contributed by atoms with Crippen LogP contribution in [0.2, 0.25) is 0 Å². The monoisotopic (exact) mass is 558 g/mol. The minimum atomic E-state index is -3.61. The maximum Gasteiger partial charge on any atom is 0.243 e. The fourth-order valence-electron chi connectivity index (χ4n) is 4.03. The van der Waals surface area contributed by atoms with Gasteiger partial charge in [-0.15, -0.1) is 10.2 Å². The Morgan fingerprint density at radius 3 is 2.53 bits per heavy atom. The smallest absolute Gasteiger partial charge is 0.243 e. The van der Waals surface area contributed by atoms with Gasteiger partial charge in [-0.1, -0.05) is 31.7 Å². The summed E-state index contributed by atoms with van der Waals surface area (Å²) in [5.74, 6) is 1.28. The molecule has 0 saturated heterocycles. The molecule has 0 spiro atoms. The zero-order valence-corrected chi connectivity index (χ0v) is 23.3. The quantitative estimate of drug-likeness (QED) is 0.251. The number of ether oxygens (including phenoxy) is 2. The summed E-state index contributed by atoms with van der Waals surface area (Å²) in [6.07, 6.45) is 0.641. The first kappa shape index (κ1) is 27.6. The molecular weight excluding hydrogens is 528 g/mol. The lowest BCUT2D eigenvalue weighted by Crippen LogP contribution is -2.30. The number of rotatable bonds is 12. The van der Waals surface area contributed by atoms with E-state index in [4.69, 9.17) is 9.47 Å². The molecule has 202 valence electrons. The van der Waals surface area contributed by atoms with E-state index in [0.29, 0.717) is 64.8 Å². The van der Waals surface area contributed by atoms with Gasteiger partial charge >= 0.3 is 0 Å². The largest absolute Gasteiger partial charge is 0.493 e. The van der Waals surface area contributed by atoms with Crippen molar-refractivity contribution in [3.05, 3.63) is 42.0 Å². The van der Waals surface area contributed by atoms with Gasteiger partial charge < -0.3 is 19.8 Å². The number of benzene rings is 2. The molecule has 0 bridgehead atoms. The van der Waals surface area contributed by atoms with Gasteiger partial charge in [0.05, 0.1) is 24.9 Å². The van der Waals surface area contributed by atoms with Crippen molar-refractivity contribution in [2.75, 3.05) is 39.6 Å². The first-order chi connectivity index (χ1) is 18.3. The van der Waals surface area contributed by atoms with Crippen molar-refractivity contribution in [2.24, 2.45) is 0 Å². The molecule has 11 nitrogen and oxygen atoms in total. The van der Waals surface area contributed by atoms with E-state index in [1.807, 2.05) is 18.2 Å². The molecule has 0 aliphatic heterocycles. The van der Waals surface area contributed by atoms with E-state index in [0.717, 1.165) is 5.56 Å². The third-order valence-corrected chi connectivity index (χ3v) is 8.91. The number of carbonyl (C=O) groups is 1. The highest BCUT2D eigenvalue weighted by Gasteiger charge is 2.23. The first-order valence-corrected chi connectivity index (χ1v) is 14.5. The second-order valence-corrected chi connectivity index (χ2v) is 11.2. The standard InChI is InChI=1S/C25H30N6O5S2/c1-5-31(6-2)38(33,34)17-8-9-19-18(14-17)23-24(27-19)28-25(30-29-23)37-15-22(32)26-12-11-16-7-10-20(35-3)21(13-16)36-4/h7-10,13-14H,5-6,11-12,15H2,1-4H3,(H,26,32)(H,27,28,30). The van der Waals surface area contributed by atoms with E-state index in [1.54, 1.807) is 46.3 Å². The molecule has 2 heterocycles. The van der Waals surface area contributed by atoms with Crippen molar-refractivity contribution >= 4 is 49.8 Å². The van der Waals surface area contributed by atoms with Crippen molar-refractivity contribution in [1.82, 2.24) is 29.8 Å². The highest BCUT2D eigenvalue weighted by atomic mass is 32.2. The van der Waals surface area contributed by atoms with Crippen molar-refractivity contribution < 1.29 is 22.7 Å². The van der Waals surface area contributed by atoms with Crippen LogP contribution in [0.4, 0.5) is 0 Å². The predicted octanol–water partition coefficient (Wildman–Crippen LogP) is 3.00. The van der Waals surface area contributed by atoms with E-state index >= 15 is 0 Å². The fraction of sp³-hybridized carbons (Fsp3) is 0.360. The third-order valence-electron chi connectivity index (χ3n) is 6.03. The number of amides is 1. The number of carbonyl (C=O) groups excluding carboxylic acids is 1. The number of hydrogen-bond donors (Lipinski definition) is 2. The van der Waals surface area contributed by atoms with Crippen molar-refractivity contribution in [3.8, 4) is 11.5 Å². The second kappa shape index (κ2) is 12.0. The summed E-state index contributed by atoms with van der Waals surface area (Å²) < 4.78 is 37.8. The molecule has 0 radical (unpaired) electrons. The molecule has 2 aromatic carbocycles. The number of nitrogens with one attached hydrogen (secondary N) is 2. The Hall–Kier alpha value is -3.42. The van der Waals surface area contributed by atoms with Crippen LogP contribution in [-0.2, 0) is 21.2 Å². The average Bonchev–Trinajstić information content (AvgIpc) is 3.29. The van der Waals surface area contributed by atoms with Gasteiger partial charge in [0.1, 0.15) is 5.52 Å². The SMILES string of the molecule is CCN(CC)S(=O)(=O)c1ccc2[nH]c3nc(SCC(=O)NCCc4ccc(OC)c(OC)c4)nnc3c2c1. The Kier molecular flexibility index (Phi) is 8.69. The van der Waals surface area contributed by atoms with E-state index in [9.17, 15) is 13.2 Å². The van der Waals surface area contributed by atoms with E-state index in [2.05, 4.69) is 25.5 Å². The number of fused-ring (bicyclic) bond motifs is 3. The molecule has 4 rings (SSSR count). The number of H-pyrrole nitrogens is 1. The summed E-state index contributed by atoms with van der Waals surface area (Å²) in [5, 5.41) is 12.3. The molecule has 0 saturated carbocycles. The van der Waals surface area contributed by atoms with Crippen LogP contribution in [0, 0.1) is 0 Å². The van der Waals surface area contributed by atoms with Crippen LogP contribution in [0.3, 0.4) is 0 Å². The molecule has 2 N–H and O–H groups in total. The molecule has 2 aromatic heterocycles. The third kappa shape index (κ3) is 5.84. The molecule has 0 unspecified atom stereocenters. The summed E-state index contributed by atoms with van der Waals surface area (Å²) in [7, 11) is -0.439. The Morgan fingerprint density at radius 2 is 1.82 bits per heavy atom. The number of aromatic nitrogens is 4. The van der Waals surface area contributed by atoms with E-state index < -0.39 is 10.0 Å². The normalized spacial score (nSPS) is 11.8. The van der Waals surface area contributed by atoms with Crippen LogP contribution in [0.5, 0.6) is 11.5 Å². The zero-order valence-electron chi connectivity index (χ0n) is 21.6. The van der Waals surface area contributed by atoms with Gasteiger partial charge in [-0.05, 0) is 42.3 Å². The fourth-order valence-corrected chi connectivity index (χ4v) is 6.13. The molecule has 13 heteroatoms. The van der Waals surface area contributed by atoms with Crippen LogP contribution >= 0.6 is 11.8 Å². The van der Waals surface area contributed by atoms with Gasteiger partial charge in [-0.25, -0.2) is 13.4 Å². The highest BCUT2D eigenvalue weighted by Crippen LogP contribution is 2.28. The number of methoxy groups -OCH3 is 2. The van der Waals surface area contributed by atoms with Crippen LogP contribution in [0.15, 0.2) is 46.5 Å². The maximum absolute atomic E-state index is 12.9. The Bertz CT molecular complexity index is 1550. The number of thioether (sulfide) groups is 1. The van der Waals surface area contributed by atoms with Crippen molar-refractivity contribution in [3.63, 3.8) is 0 Å². The van der Waals surface area contributed by atoms with Crippen molar-refractivity contribution in [2.45, 2.75) is 30.3 Å². The summed E-state index contributed by atoms with van der Waals surface area (Å²) in [5.41, 5.74) is 2.67. The molecule has 0 aliphatic rings. The molecule has 0 atom stereocenters. The summed E-state index contributed by atoms with van der Waals surface area (Å²) >= 11 is 1.17.